The van der Waals surface area contributed by atoms with Crippen LogP contribution in [0, 0.1) is 5.41 Å². The second kappa shape index (κ2) is 11.1. The van der Waals surface area contributed by atoms with Crippen molar-refractivity contribution in [3.63, 3.8) is 0 Å². The van der Waals surface area contributed by atoms with Gasteiger partial charge in [-0.3, -0.25) is 10.2 Å². The molecule has 2 aromatic rings. The lowest BCUT2D eigenvalue weighted by Crippen LogP contribution is -2.14. The topological polar surface area (TPSA) is 122 Å². The van der Waals surface area contributed by atoms with Crippen molar-refractivity contribution in [2.75, 3.05) is 31.2 Å². The number of anilines is 2. The van der Waals surface area contributed by atoms with Crippen molar-refractivity contribution in [1.29, 1.82) is 5.41 Å². The number of hydrogen-bond donors (Lipinski definition) is 4. The Morgan fingerprint density at radius 2 is 2.17 bits per heavy atom. The van der Waals surface area contributed by atoms with Crippen LogP contribution in [0.25, 0.3) is 0 Å². The maximum absolute atomic E-state index is 10.5. The SMILES string of the molecule is CC(C)Oc1ccc(C(=N)c2cc(NC=O)ccc2N)cn1.COC1CCNC1. The number of pyridine rings is 1. The Kier molecular flexibility index (Phi) is 8.57. The summed E-state index contributed by atoms with van der Waals surface area (Å²) in [5.41, 5.74) is 8.34. The number of nitrogens with two attached hydrogens (primary N) is 1. The zero-order valence-corrected chi connectivity index (χ0v) is 17.1. The molecule has 0 aliphatic carbocycles. The van der Waals surface area contributed by atoms with E-state index in [9.17, 15) is 4.79 Å². The number of amides is 1. The van der Waals surface area contributed by atoms with Crippen LogP contribution in [-0.4, -0.2) is 49.5 Å². The highest BCUT2D eigenvalue weighted by molar-refractivity contribution is 6.14. The monoisotopic (exact) mass is 399 g/mol. The zero-order chi connectivity index (χ0) is 21.2. The number of nitrogens with zero attached hydrogens (tertiary/aromatic N) is 1. The minimum absolute atomic E-state index is 0.0412. The Hall–Kier alpha value is -2.97. The fraction of sp³-hybridized carbons (Fsp3) is 0.381. The molecule has 0 saturated carbocycles. The van der Waals surface area contributed by atoms with Gasteiger partial charge in [-0.05, 0) is 51.1 Å². The Bertz CT molecular complexity index is 802. The molecule has 0 bridgehead atoms. The van der Waals surface area contributed by atoms with E-state index in [4.69, 9.17) is 20.6 Å². The molecule has 3 rings (SSSR count). The summed E-state index contributed by atoms with van der Waals surface area (Å²) < 4.78 is 10.5. The van der Waals surface area contributed by atoms with Gasteiger partial charge in [0.2, 0.25) is 12.3 Å². The van der Waals surface area contributed by atoms with Crippen LogP contribution < -0.4 is 21.1 Å². The Morgan fingerprint density at radius 1 is 1.38 bits per heavy atom. The van der Waals surface area contributed by atoms with Crippen molar-refractivity contribution in [2.45, 2.75) is 32.5 Å². The molecular weight excluding hydrogens is 370 g/mol. The van der Waals surface area contributed by atoms with Gasteiger partial charge in [-0.1, -0.05) is 0 Å². The van der Waals surface area contributed by atoms with Crippen LogP contribution in [0.5, 0.6) is 5.88 Å². The van der Waals surface area contributed by atoms with Crippen molar-refractivity contribution >= 4 is 23.5 Å². The molecule has 1 aromatic heterocycles. The van der Waals surface area contributed by atoms with E-state index >= 15 is 0 Å². The molecule has 156 valence electrons. The molecule has 0 radical (unpaired) electrons. The van der Waals surface area contributed by atoms with Crippen molar-refractivity contribution in [2.24, 2.45) is 0 Å². The quantitative estimate of drug-likeness (QED) is 0.322. The second-order valence-corrected chi connectivity index (χ2v) is 6.84. The number of rotatable bonds is 7. The lowest BCUT2D eigenvalue weighted by Gasteiger charge is -2.11. The molecule has 0 spiro atoms. The molecular formula is C21H29N5O3. The van der Waals surface area contributed by atoms with Gasteiger partial charge in [0.05, 0.1) is 17.9 Å². The van der Waals surface area contributed by atoms with E-state index in [2.05, 4.69) is 15.6 Å². The molecule has 1 atom stereocenters. The van der Waals surface area contributed by atoms with Crippen LogP contribution in [0.4, 0.5) is 11.4 Å². The van der Waals surface area contributed by atoms with Gasteiger partial charge in [-0.2, -0.15) is 0 Å². The highest BCUT2D eigenvalue weighted by atomic mass is 16.5. The summed E-state index contributed by atoms with van der Waals surface area (Å²) >= 11 is 0. The van der Waals surface area contributed by atoms with Gasteiger partial charge >= 0.3 is 0 Å². The molecule has 5 N–H and O–H groups in total. The van der Waals surface area contributed by atoms with Gasteiger partial charge in [0, 0.05) is 48.4 Å². The minimum Gasteiger partial charge on any atom is -0.475 e. The third kappa shape index (κ3) is 6.85. The van der Waals surface area contributed by atoms with E-state index in [0.29, 0.717) is 40.9 Å². The first kappa shape index (κ1) is 22.3. The Labute approximate surface area is 171 Å². The predicted octanol–water partition coefficient (Wildman–Crippen LogP) is 2.43. The molecule has 1 aromatic carbocycles. The van der Waals surface area contributed by atoms with Crippen LogP contribution in [-0.2, 0) is 9.53 Å². The van der Waals surface area contributed by atoms with Crippen LogP contribution >= 0.6 is 0 Å². The molecule has 1 fully saturated rings. The summed E-state index contributed by atoms with van der Waals surface area (Å²) in [6.07, 6.45) is 3.86. The molecule has 1 aliphatic heterocycles. The van der Waals surface area contributed by atoms with E-state index in [1.165, 1.54) is 6.42 Å². The maximum atomic E-state index is 10.5. The molecule has 1 aliphatic rings. The summed E-state index contributed by atoms with van der Waals surface area (Å²) in [7, 11) is 1.76. The summed E-state index contributed by atoms with van der Waals surface area (Å²) in [5, 5.41) is 14.0. The first-order valence-electron chi connectivity index (χ1n) is 9.49. The van der Waals surface area contributed by atoms with E-state index in [-0.39, 0.29) is 11.8 Å². The number of hydrogen-bond acceptors (Lipinski definition) is 7. The van der Waals surface area contributed by atoms with Crippen LogP contribution in [0.3, 0.4) is 0 Å². The van der Waals surface area contributed by atoms with Crippen LogP contribution in [0.2, 0.25) is 0 Å². The lowest BCUT2D eigenvalue weighted by atomic mass is 10.0. The van der Waals surface area contributed by atoms with Crippen molar-refractivity contribution in [3.05, 3.63) is 47.7 Å². The molecule has 2 heterocycles. The van der Waals surface area contributed by atoms with Crippen molar-refractivity contribution in [1.82, 2.24) is 10.3 Å². The van der Waals surface area contributed by atoms with Crippen molar-refractivity contribution in [3.8, 4) is 5.88 Å². The number of carbonyl (C=O) groups is 1. The summed E-state index contributed by atoms with van der Waals surface area (Å²) in [5.74, 6) is 0.510. The molecule has 8 nitrogen and oxygen atoms in total. The molecule has 1 amide bonds. The average Bonchev–Trinajstić information content (AvgIpc) is 3.24. The number of benzene rings is 1. The number of ether oxygens (including phenoxy) is 2. The maximum Gasteiger partial charge on any atom is 0.213 e. The van der Waals surface area contributed by atoms with Gasteiger partial charge in [-0.25, -0.2) is 4.98 Å². The lowest BCUT2D eigenvalue weighted by molar-refractivity contribution is -0.105. The minimum atomic E-state index is 0.0412. The Balaban J connectivity index is 0.000000360. The van der Waals surface area contributed by atoms with Crippen LogP contribution in [0.1, 0.15) is 31.4 Å². The third-order valence-electron chi connectivity index (χ3n) is 4.28. The number of aromatic nitrogens is 1. The molecule has 1 saturated heterocycles. The first-order chi connectivity index (χ1) is 13.9. The van der Waals surface area contributed by atoms with Gasteiger partial charge in [0.15, 0.2) is 0 Å². The fourth-order valence-corrected chi connectivity index (χ4v) is 2.75. The molecule has 8 heteroatoms. The highest BCUT2D eigenvalue weighted by Crippen LogP contribution is 2.21. The standard InChI is InChI=1S/C16H18N4O2.C5H11NO/c1-10(2)22-15-6-3-11(8-19-15)16(18)13-7-12(20-9-21)4-5-14(13)17;1-7-5-2-3-6-4-5/h3-10,18H,17H2,1-2H3,(H,20,21);5-6H,2-4H2,1H3. The van der Waals surface area contributed by atoms with Gasteiger partial charge in [0.25, 0.3) is 0 Å². The van der Waals surface area contributed by atoms with Crippen LogP contribution in [0.15, 0.2) is 36.5 Å². The molecule has 1 unspecified atom stereocenters. The fourth-order valence-electron chi connectivity index (χ4n) is 2.75. The van der Waals surface area contributed by atoms with Gasteiger partial charge < -0.3 is 25.8 Å². The number of carbonyl (C=O) groups excluding carboxylic acids is 1. The third-order valence-corrected chi connectivity index (χ3v) is 4.28. The largest absolute Gasteiger partial charge is 0.475 e. The van der Waals surface area contributed by atoms with E-state index in [1.807, 2.05) is 13.8 Å². The summed E-state index contributed by atoms with van der Waals surface area (Å²) in [6, 6.07) is 8.46. The van der Waals surface area contributed by atoms with E-state index < -0.39 is 0 Å². The number of methoxy groups -OCH3 is 1. The highest BCUT2D eigenvalue weighted by Gasteiger charge is 2.12. The van der Waals surface area contributed by atoms with Gasteiger partial charge in [-0.15, -0.1) is 0 Å². The van der Waals surface area contributed by atoms with E-state index in [1.54, 1.807) is 43.6 Å². The molecule has 29 heavy (non-hydrogen) atoms. The zero-order valence-electron chi connectivity index (χ0n) is 17.1. The second-order valence-electron chi connectivity index (χ2n) is 6.84. The first-order valence-corrected chi connectivity index (χ1v) is 9.49. The Morgan fingerprint density at radius 3 is 2.69 bits per heavy atom. The van der Waals surface area contributed by atoms with Gasteiger partial charge in [0.1, 0.15) is 0 Å². The summed E-state index contributed by atoms with van der Waals surface area (Å²) in [4.78, 5) is 14.7. The average molecular weight is 399 g/mol. The van der Waals surface area contributed by atoms with Crippen molar-refractivity contribution < 1.29 is 14.3 Å². The smallest absolute Gasteiger partial charge is 0.213 e. The predicted molar refractivity (Wildman–Crippen MR) is 115 cm³/mol. The summed E-state index contributed by atoms with van der Waals surface area (Å²) in [6.45, 7) is 6.00. The van der Waals surface area contributed by atoms with E-state index in [0.717, 1.165) is 13.1 Å². The number of nitrogen functional groups attached to an aromatic ring is 1. The number of nitrogens with one attached hydrogen (secondary N) is 3. The normalized spacial score (nSPS) is 15.4.